The van der Waals surface area contributed by atoms with Crippen molar-refractivity contribution in [3.63, 3.8) is 0 Å². The lowest BCUT2D eigenvalue weighted by Crippen LogP contribution is -2.27. The van der Waals surface area contributed by atoms with Crippen LogP contribution >= 0.6 is 24.0 Å². The maximum absolute atomic E-state index is 12.1. The van der Waals surface area contributed by atoms with Gasteiger partial charge in [0.2, 0.25) is 5.91 Å². The van der Waals surface area contributed by atoms with Crippen molar-refractivity contribution in [2.75, 3.05) is 25.5 Å². The highest BCUT2D eigenvalue weighted by Crippen LogP contribution is 2.21. The van der Waals surface area contributed by atoms with E-state index in [0.717, 1.165) is 13.0 Å². The molecule has 0 unspecified atom stereocenters. The van der Waals surface area contributed by atoms with Gasteiger partial charge in [-0.15, -0.1) is 12.4 Å². The van der Waals surface area contributed by atoms with Crippen molar-refractivity contribution in [1.82, 2.24) is 10.6 Å². The third-order valence-corrected chi connectivity index (χ3v) is 3.31. The molecule has 23 heavy (non-hydrogen) atoms. The highest BCUT2D eigenvalue weighted by Gasteiger charge is 2.12. The predicted octanol–water partition coefficient (Wildman–Crippen LogP) is 3.09. The minimum absolute atomic E-state index is 0. The van der Waals surface area contributed by atoms with Crippen molar-refractivity contribution in [3.05, 3.63) is 28.8 Å². The average Bonchev–Trinajstić information content (AvgIpc) is 2.44. The molecule has 7 heteroatoms. The van der Waals surface area contributed by atoms with Crippen molar-refractivity contribution >= 4 is 41.5 Å². The molecule has 5 nitrogen and oxygen atoms in total. The monoisotopic (exact) mass is 361 g/mol. The fourth-order valence-electron chi connectivity index (χ4n) is 1.92. The first-order valence-electron chi connectivity index (χ1n) is 7.46. The van der Waals surface area contributed by atoms with Gasteiger partial charge < -0.3 is 16.0 Å². The number of benzene rings is 1. The Morgan fingerprint density at radius 1 is 1.22 bits per heavy atom. The Balaban J connectivity index is 0.00000484. The summed E-state index contributed by atoms with van der Waals surface area (Å²) in [5.74, 6) is -0.0268. The van der Waals surface area contributed by atoms with Gasteiger partial charge in [0.15, 0.2) is 0 Å². The minimum Gasteiger partial charge on any atom is -0.352 e. The third kappa shape index (κ3) is 8.21. The Morgan fingerprint density at radius 2 is 1.91 bits per heavy atom. The Bertz CT molecular complexity index is 522. The molecule has 0 spiro atoms. The normalized spacial score (nSPS) is 10.1. The number of carbonyl (C=O) groups is 2. The predicted molar refractivity (Wildman–Crippen MR) is 97.7 cm³/mol. The first-order valence-corrected chi connectivity index (χ1v) is 7.84. The van der Waals surface area contributed by atoms with E-state index < -0.39 is 0 Å². The van der Waals surface area contributed by atoms with Gasteiger partial charge in [0, 0.05) is 18.7 Å². The first kappa shape index (κ1) is 21.7. The van der Waals surface area contributed by atoms with E-state index in [0.29, 0.717) is 29.2 Å². The van der Waals surface area contributed by atoms with Crippen LogP contribution in [0.1, 0.15) is 37.0 Å². The summed E-state index contributed by atoms with van der Waals surface area (Å²) in [6, 6.07) is 4.92. The summed E-state index contributed by atoms with van der Waals surface area (Å²) >= 11 is 6.07. The van der Waals surface area contributed by atoms with Gasteiger partial charge in [-0.25, -0.2) is 0 Å². The molecular formula is C16H25Cl2N3O2. The summed E-state index contributed by atoms with van der Waals surface area (Å²) in [6.45, 7) is 5.36. The van der Waals surface area contributed by atoms with E-state index in [4.69, 9.17) is 11.6 Å². The topological polar surface area (TPSA) is 70.2 Å². The van der Waals surface area contributed by atoms with Crippen molar-refractivity contribution in [2.45, 2.75) is 26.7 Å². The zero-order valence-electron chi connectivity index (χ0n) is 13.7. The fourth-order valence-corrected chi connectivity index (χ4v) is 2.13. The number of hydrogen-bond acceptors (Lipinski definition) is 3. The van der Waals surface area contributed by atoms with Crippen LogP contribution in [0.4, 0.5) is 5.69 Å². The maximum atomic E-state index is 12.1. The summed E-state index contributed by atoms with van der Waals surface area (Å²) in [4.78, 5) is 23.9. The van der Waals surface area contributed by atoms with Crippen LogP contribution in [0.25, 0.3) is 0 Å². The molecule has 1 rings (SSSR count). The van der Waals surface area contributed by atoms with Crippen molar-refractivity contribution in [3.8, 4) is 0 Å². The van der Waals surface area contributed by atoms with Gasteiger partial charge in [-0.1, -0.05) is 25.4 Å². The molecule has 1 aromatic rings. The Hall–Kier alpha value is -1.30. The number of anilines is 1. The van der Waals surface area contributed by atoms with Gasteiger partial charge in [0.05, 0.1) is 10.6 Å². The Labute approximate surface area is 149 Å². The van der Waals surface area contributed by atoms with Crippen LogP contribution in [0.5, 0.6) is 0 Å². The van der Waals surface area contributed by atoms with Crippen LogP contribution in [-0.4, -0.2) is 32.0 Å². The van der Waals surface area contributed by atoms with E-state index in [9.17, 15) is 9.59 Å². The molecule has 0 aliphatic heterocycles. The molecule has 0 fully saturated rings. The van der Waals surface area contributed by atoms with Crippen LogP contribution in [0.2, 0.25) is 5.02 Å². The summed E-state index contributed by atoms with van der Waals surface area (Å²) < 4.78 is 0. The first-order chi connectivity index (χ1) is 10.4. The zero-order chi connectivity index (χ0) is 16.5. The molecule has 130 valence electrons. The fraction of sp³-hybridized carbons (Fsp3) is 0.500. The Kier molecular flexibility index (Phi) is 10.6. The van der Waals surface area contributed by atoms with Crippen LogP contribution in [-0.2, 0) is 4.79 Å². The zero-order valence-corrected chi connectivity index (χ0v) is 15.3. The van der Waals surface area contributed by atoms with E-state index in [1.807, 2.05) is 20.9 Å². The highest BCUT2D eigenvalue weighted by atomic mass is 35.5. The molecule has 0 heterocycles. The van der Waals surface area contributed by atoms with Gasteiger partial charge in [-0.3, -0.25) is 9.59 Å². The largest absolute Gasteiger partial charge is 0.352 e. The molecule has 0 saturated heterocycles. The van der Waals surface area contributed by atoms with Gasteiger partial charge in [0.1, 0.15) is 0 Å². The second-order valence-corrected chi connectivity index (χ2v) is 5.96. The molecule has 3 N–H and O–H groups in total. The molecule has 0 aromatic heterocycles. The second kappa shape index (κ2) is 11.3. The van der Waals surface area contributed by atoms with Gasteiger partial charge in [-0.2, -0.15) is 0 Å². The standard InChI is InChI=1S/C16H24ClN3O2.ClH/c1-11(2)9-15(21)20-12-5-6-14(17)13(10-12)16(22)19-8-4-7-18-3;/h5-6,10-11,18H,4,7-9H2,1-3H3,(H,19,22)(H,20,21);1H. The van der Waals surface area contributed by atoms with Gasteiger partial charge in [-0.05, 0) is 44.1 Å². The van der Waals surface area contributed by atoms with E-state index in [-0.39, 0.29) is 30.1 Å². The van der Waals surface area contributed by atoms with Gasteiger partial charge >= 0.3 is 0 Å². The molecule has 0 aliphatic carbocycles. The molecule has 0 atom stereocenters. The molecule has 0 aliphatic rings. The third-order valence-electron chi connectivity index (χ3n) is 2.98. The molecule has 0 bridgehead atoms. The van der Waals surface area contributed by atoms with Crippen molar-refractivity contribution < 1.29 is 9.59 Å². The molecule has 1 aromatic carbocycles. The summed E-state index contributed by atoms with van der Waals surface area (Å²) in [5.41, 5.74) is 0.948. The number of carbonyl (C=O) groups excluding carboxylic acids is 2. The van der Waals surface area contributed by atoms with E-state index in [2.05, 4.69) is 16.0 Å². The highest BCUT2D eigenvalue weighted by molar-refractivity contribution is 6.34. The average molecular weight is 362 g/mol. The molecule has 0 radical (unpaired) electrons. The minimum atomic E-state index is -0.235. The van der Waals surface area contributed by atoms with E-state index in [1.165, 1.54) is 0 Å². The molecule has 0 saturated carbocycles. The van der Waals surface area contributed by atoms with E-state index >= 15 is 0 Å². The van der Waals surface area contributed by atoms with Crippen LogP contribution < -0.4 is 16.0 Å². The molecular weight excluding hydrogens is 337 g/mol. The summed E-state index contributed by atoms with van der Waals surface area (Å²) in [6.07, 6.45) is 1.28. The Morgan fingerprint density at radius 3 is 2.52 bits per heavy atom. The SMILES string of the molecule is CNCCCNC(=O)c1cc(NC(=O)CC(C)C)ccc1Cl.Cl. The van der Waals surface area contributed by atoms with Crippen LogP contribution in [0.3, 0.4) is 0 Å². The number of amides is 2. The number of hydrogen-bond donors (Lipinski definition) is 3. The summed E-state index contributed by atoms with van der Waals surface area (Å²) in [5, 5.41) is 8.98. The van der Waals surface area contributed by atoms with Crippen molar-refractivity contribution in [1.29, 1.82) is 0 Å². The number of rotatable bonds is 8. The lowest BCUT2D eigenvalue weighted by Gasteiger charge is -2.11. The number of nitrogens with one attached hydrogen (secondary N) is 3. The lowest BCUT2D eigenvalue weighted by atomic mass is 10.1. The van der Waals surface area contributed by atoms with Crippen LogP contribution in [0, 0.1) is 5.92 Å². The second-order valence-electron chi connectivity index (χ2n) is 5.55. The summed E-state index contributed by atoms with van der Waals surface area (Å²) in [7, 11) is 1.86. The quantitative estimate of drug-likeness (QED) is 0.623. The number of halogens is 2. The van der Waals surface area contributed by atoms with Crippen molar-refractivity contribution in [2.24, 2.45) is 5.92 Å². The molecule has 2 amide bonds. The van der Waals surface area contributed by atoms with Gasteiger partial charge in [0.25, 0.3) is 5.91 Å². The van der Waals surface area contributed by atoms with Crippen LogP contribution in [0.15, 0.2) is 18.2 Å². The van der Waals surface area contributed by atoms with E-state index in [1.54, 1.807) is 18.2 Å². The maximum Gasteiger partial charge on any atom is 0.252 e. The smallest absolute Gasteiger partial charge is 0.252 e. The lowest BCUT2D eigenvalue weighted by molar-refractivity contribution is -0.116.